The van der Waals surface area contributed by atoms with Gasteiger partial charge in [-0.2, -0.15) is 0 Å². The number of rotatable bonds is 7. The van der Waals surface area contributed by atoms with Gasteiger partial charge in [0.2, 0.25) is 0 Å². The van der Waals surface area contributed by atoms with Crippen molar-refractivity contribution in [2.75, 3.05) is 13.2 Å². The fourth-order valence-corrected chi connectivity index (χ4v) is 13.4. The van der Waals surface area contributed by atoms with Gasteiger partial charge < -0.3 is 15.5 Å². The Balaban J connectivity index is 1.32. The van der Waals surface area contributed by atoms with E-state index in [0.29, 0.717) is 42.4 Å². The van der Waals surface area contributed by atoms with Crippen molar-refractivity contribution in [3.8, 4) is 0 Å². The Kier molecular flexibility index (Phi) is 7.90. The molecule has 250 valence electrons. The van der Waals surface area contributed by atoms with E-state index in [1.807, 2.05) is 0 Å². The van der Waals surface area contributed by atoms with Crippen LogP contribution in [-0.4, -0.2) is 40.9 Å². The number of halogens is 1. The Bertz CT molecular complexity index is 1330. The van der Waals surface area contributed by atoms with Gasteiger partial charge in [-0.05, 0) is 146 Å². The third-order valence-corrected chi connectivity index (χ3v) is 15.9. The van der Waals surface area contributed by atoms with Crippen LogP contribution in [0.1, 0.15) is 119 Å². The maximum Gasteiger partial charge on any atom is 0.317 e. The van der Waals surface area contributed by atoms with Gasteiger partial charge in [0.15, 0.2) is 0 Å². The summed E-state index contributed by atoms with van der Waals surface area (Å²) in [5.41, 5.74) is 3.07. The number of hydrogen-bond acceptors (Lipinski definition) is 3. The zero-order valence-corrected chi connectivity index (χ0v) is 28.7. The third kappa shape index (κ3) is 4.53. The zero-order valence-electron chi connectivity index (χ0n) is 28.7. The van der Waals surface area contributed by atoms with Crippen LogP contribution in [0, 0.1) is 56.7 Å². The number of nitrogens with one attached hydrogen (secondary N) is 1. The first-order chi connectivity index (χ1) is 21.0. The molecular weight excluding hydrogens is 565 g/mol. The van der Waals surface area contributed by atoms with Crippen LogP contribution in [-0.2, 0) is 9.59 Å². The molecule has 10 atom stereocenters. The van der Waals surface area contributed by atoms with E-state index in [2.05, 4.69) is 65.6 Å². The monoisotopic (exact) mass is 623 g/mol. The lowest BCUT2D eigenvalue weighted by atomic mass is 9.33. The Morgan fingerprint density at radius 2 is 1.64 bits per heavy atom. The lowest BCUT2D eigenvalue weighted by Crippen LogP contribution is -2.68. The second-order valence-electron chi connectivity index (χ2n) is 17.8. The normalized spacial score (nSPS) is 46.9. The Labute approximate surface area is 270 Å². The van der Waals surface area contributed by atoms with E-state index in [1.165, 1.54) is 42.4 Å². The van der Waals surface area contributed by atoms with Gasteiger partial charge in [0.1, 0.15) is 6.67 Å². The van der Waals surface area contributed by atoms with E-state index in [0.717, 1.165) is 32.1 Å². The van der Waals surface area contributed by atoms with Gasteiger partial charge in [-0.1, -0.05) is 58.9 Å². The molecule has 0 aromatic rings. The second-order valence-corrected chi connectivity index (χ2v) is 17.8. The predicted molar refractivity (Wildman–Crippen MR) is 176 cm³/mol. The largest absolute Gasteiger partial charge is 0.481 e. The van der Waals surface area contributed by atoms with Gasteiger partial charge in [0.05, 0.1) is 12.0 Å². The van der Waals surface area contributed by atoms with Crippen molar-refractivity contribution < 1.29 is 24.2 Å². The van der Waals surface area contributed by atoms with E-state index >= 15 is 0 Å². The summed E-state index contributed by atoms with van der Waals surface area (Å²) in [6.45, 7) is 18.6. The fraction of sp³-hybridized carbons (Fsp3) is 0.795. The van der Waals surface area contributed by atoms with Crippen molar-refractivity contribution in [3.63, 3.8) is 0 Å². The molecule has 0 heterocycles. The van der Waals surface area contributed by atoms with Gasteiger partial charge in [-0.15, -0.1) is 0 Å². The molecule has 6 aliphatic rings. The molecule has 45 heavy (non-hydrogen) atoms. The van der Waals surface area contributed by atoms with Crippen molar-refractivity contribution in [2.45, 2.75) is 124 Å². The first kappa shape index (κ1) is 33.0. The highest BCUT2D eigenvalue weighted by atomic mass is 19.1. The minimum Gasteiger partial charge on any atom is -0.481 e. The van der Waals surface area contributed by atoms with Gasteiger partial charge >= 0.3 is 11.9 Å². The summed E-state index contributed by atoms with van der Waals surface area (Å²) in [5.74, 6) is 0.804. The molecule has 0 aromatic carbocycles. The van der Waals surface area contributed by atoms with Crippen molar-refractivity contribution in [2.24, 2.45) is 56.7 Å². The Hall–Kier alpha value is -1.95. The smallest absolute Gasteiger partial charge is 0.317 e. The van der Waals surface area contributed by atoms with Gasteiger partial charge in [0.25, 0.3) is 0 Å². The minimum absolute atomic E-state index is 0.0319. The molecule has 6 heteroatoms. The quantitative estimate of drug-likeness (QED) is 0.247. The van der Waals surface area contributed by atoms with E-state index < -0.39 is 24.0 Å². The van der Waals surface area contributed by atoms with E-state index in [9.17, 15) is 24.2 Å². The number of carboxylic acid groups (broad SMARTS) is 2. The maximum absolute atomic E-state index is 13.9. The lowest BCUT2D eigenvalue weighted by molar-refractivity contribution is -0.221. The third-order valence-electron chi connectivity index (χ3n) is 15.9. The molecule has 0 bridgehead atoms. The molecule has 5 nitrogen and oxygen atoms in total. The SMILES string of the molecule is C=C(C)[C@@H]1CC[C@]2(NCC(=O)O)CC[C@]3(C)[C@H](CC[C@@H]4C5(C)CC=C(C6=CC[C@](CF)(C(=O)O)CC6)C(C)(C)[C@@H]5CC[C@]43C)[C@@H]12. The average Bonchev–Trinajstić information content (AvgIpc) is 3.37. The van der Waals surface area contributed by atoms with Crippen LogP contribution in [0.3, 0.4) is 0 Å². The molecular formula is C39H58FNO4. The Morgan fingerprint density at radius 3 is 2.24 bits per heavy atom. The molecule has 6 rings (SSSR count). The predicted octanol–water partition coefficient (Wildman–Crippen LogP) is 8.76. The first-order valence-corrected chi connectivity index (χ1v) is 17.8. The minimum atomic E-state index is -1.26. The average molecular weight is 624 g/mol. The van der Waals surface area contributed by atoms with Gasteiger partial charge in [0, 0.05) is 5.54 Å². The molecule has 0 radical (unpaired) electrons. The van der Waals surface area contributed by atoms with Crippen LogP contribution in [0.15, 0.2) is 35.5 Å². The van der Waals surface area contributed by atoms with Crippen molar-refractivity contribution >= 4 is 11.9 Å². The molecule has 0 amide bonds. The highest BCUT2D eigenvalue weighted by Crippen LogP contribution is 2.76. The molecule has 0 aromatic heterocycles. The molecule has 0 saturated heterocycles. The standard InChI is InChI=1S/C39H58FNO4/c1-24(2)26-12-19-39(41-22-31(42)43)21-20-36(6)28(32(26)39)8-9-30-35(5)15-13-27(34(3,4)29(35)14-16-37(30,36)7)25-10-17-38(23-40,18-11-25)33(44)45/h10,13,26,28-30,32,41H,1,8-9,11-12,14-23H2,2-7H3,(H,42,43)(H,44,45)/t26-,28+,29-,30+,32+,35?,36+,37+,38-,39-/m0/s1. The van der Waals surface area contributed by atoms with Crippen molar-refractivity contribution in [1.29, 1.82) is 0 Å². The topological polar surface area (TPSA) is 86.6 Å². The summed E-state index contributed by atoms with van der Waals surface area (Å²) < 4.78 is 13.9. The summed E-state index contributed by atoms with van der Waals surface area (Å²) in [4.78, 5) is 23.6. The van der Waals surface area contributed by atoms with E-state index in [-0.39, 0.29) is 40.2 Å². The summed E-state index contributed by atoms with van der Waals surface area (Å²) in [6, 6.07) is 0. The molecule has 0 spiro atoms. The Morgan fingerprint density at radius 1 is 0.911 bits per heavy atom. The molecule has 0 aliphatic heterocycles. The summed E-state index contributed by atoms with van der Waals surface area (Å²) in [6.07, 6.45) is 16.1. The van der Waals surface area contributed by atoms with Gasteiger partial charge in [-0.25, -0.2) is 4.39 Å². The molecule has 6 aliphatic carbocycles. The van der Waals surface area contributed by atoms with Crippen molar-refractivity contribution in [3.05, 3.63) is 35.5 Å². The number of fused-ring (bicyclic) bond motifs is 7. The highest BCUT2D eigenvalue weighted by molar-refractivity contribution is 5.75. The van der Waals surface area contributed by atoms with Gasteiger partial charge in [-0.3, -0.25) is 9.59 Å². The highest BCUT2D eigenvalue weighted by Gasteiger charge is 2.70. The zero-order chi connectivity index (χ0) is 32.8. The van der Waals surface area contributed by atoms with E-state index in [4.69, 9.17) is 0 Å². The van der Waals surface area contributed by atoms with Crippen molar-refractivity contribution in [1.82, 2.24) is 5.32 Å². The number of hydrogen-bond donors (Lipinski definition) is 3. The van der Waals surface area contributed by atoms with Crippen LogP contribution in [0.5, 0.6) is 0 Å². The molecule has 1 unspecified atom stereocenters. The molecule has 3 N–H and O–H groups in total. The van der Waals surface area contributed by atoms with Crippen LogP contribution in [0.4, 0.5) is 4.39 Å². The number of carboxylic acids is 2. The van der Waals surface area contributed by atoms with Crippen LogP contribution in [0.25, 0.3) is 0 Å². The summed E-state index contributed by atoms with van der Waals surface area (Å²) >= 11 is 0. The van der Waals surface area contributed by atoms with Crippen LogP contribution < -0.4 is 5.32 Å². The molecule has 4 saturated carbocycles. The number of allylic oxidation sites excluding steroid dienone is 5. The van der Waals surface area contributed by atoms with Crippen LogP contribution in [0.2, 0.25) is 0 Å². The number of carbonyl (C=O) groups is 2. The second kappa shape index (κ2) is 10.8. The number of alkyl halides is 1. The summed E-state index contributed by atoms with van der Waals surface area (Å²) in [7, 11) is 0. The number of aliphatic carboxylic acids is 2. The summed E-state index contributed by atoms with van der Waals surface area (Å²) in [5, 5.41) is 23.0. The first-order valence-electron chi connectivity index (χ1n) is 17.8. The molecule has 4 fully saturated rings. The lowest BCUT2D eigenvalue weighted by Gasteiger charge is -2.72. The maximum atomic E-state index is 13.9. The van der Waals surface area contributed by atoms with Crippen LogP contribution >= 0.6 is 0 Å². The van der Waals surface area contributed by atoms with E-state index in [1.54, 1.807) is 0 Å². The fourth-order valence-electron chi connectivity index (χ4n) is 13.4.